The molecule has 1 fully saturated rings. The van der Waals surface area contributed by atoms with Gasteiger partial charge in [-0.15, -0.1) is 0 Å². The molecule has 1 aliphatic rings. The van der Waals surface area contributed by atoms with E-state index < -0.39 is 0 Å². The van der Waals surface area contributed by atoms with Crippen molar-refractivity contribution in [2.45, 2.75) is 38.4 Å². The van der Waals surface area contributed by atoms with Crippen LogP contribution in [-0.4, -0.2) is 48.1 Å². The van der Waals surface area contributed by atoms with E-state index in [1.807, 2.05) is 6.07 Å². The van der Waals surface area contributed by atoms with Crippen molar-refractivity contribution in [3.05, 3.63) is 35.6 Å². The average Bonchev–Trinajstić information content (AvgIpc) is 2.84. The normalized spacial score (nSPS) is 23.9. The third kappa shape index (κ3) is 3.19. The molecule has 2 N–H and O–H groups in total. The number of benzene rings is 1. The molecule has 1 saturated heterocycles. The predicted octanol–water partition coefficient (Wildman–Crippen LogP) is 2.07. The van der Waals surface area contributed by atoms with Crippen LogP contribution in [0.25, 0.3) is 0 Å². The Morgan fingerprint density at radius 1 is 1.45 bits per heavy atom. The van der Waals surface area contributed by atoms with Gasteiger partial charge in [-0.3, -0.25) is 9.80 Å². The first-order valence-corrected chi connectivity index (χ1v) is 7.37. The number of hydrogen-bond acceptors (Lipinski definition) is 3. The fourth-order valence-corrected chi connectivity index (χ4v) is 3.04. The number of rotatable bonds is 5. The molecule has 1 aromatic carbocycles. The minimum atomic E-state index is -0.173. The molecule has 1 heterocycles. The van der Waals surface area contributed by atoms with Gasteiger partial charge in [-0.1, -0.05) is 12.1 Å². The summed E-state index contributed by atoms with van der Waals surface area (Å²) in [6.07, 6.45) is 1.08. The van der Waals surface area contributed by atoms with Gasteiger partial charge < -0.3 is 5.73 Å². The zero-order valence-electron chi connectivity index (χ0n) is 12.8. The molecule has 1 unspecified atom stereocenters. The molecule has 0 aliphatic carbocycles. The first-order chi connectivity index (χ1) is 9.47. The van der Waals surface area contributed by atoms with Crippen LogP contribution in [0.2, 0.25) is 0 Å². The highest BCUT2D eigenvalue weighted by molar-refractivity contribution is 5.17. The van der Waals surface area contributed by atoms with Crippen LogP contribution >= 0.6 is 0 Å². The van der Waals surface area contributed by atoms with Gasteiger partial charge in [0, 0.05) is 37.8 Å². The van der Waals surface area contributed by atoms with Crippen LogP contribution in [0, 0.1) is 5.82 Å². The molecule has 1 atom stereocenters. The Balaban J connectivity index is 2.08. The summed E-state index contributed by atoms with van der Waals surface area (Å²) in [4.78, 5) is 4.76. The minimum Gasteiger partial charge on any atom is -0.329 e. The molecule has 0 bridgehead atoms. The van der Waals surface area contributed by atoms with Crippen molar-refractivity contribution in [3.63, 3.8) is 0 Å². The topological polar surface area (TPSA) is 32.5 Å². The largest absolute Gasteiger partial charge is 0.329 e. The Labute approximate surface area is 121 Å². The number of nitrogens with two attached hydrogens (primary N) is 1. The van der Waals surface area contributed by atoms with Crippen LogP contribution in [0.4, 0.5) is 4.39 Å². The van der Waals surface area contributed by atoms with Crippen LogP contribution in [0.3, 0.4) is 0 Å². The van der Waals surface area contributed by atoms with Gasteiger partial charge in [-0.2, -0.15) is 0 Å². The van der Waals surface area contributed by atoms with Crippen molar-refractivity contribution in [2.24, 2.45) is 5.73 Å². The zero-order chi connectivity index (χ0) is 14.8. The minimum absolute atomic E-state index is 0.0105. The van der Waals surface area contributed by atoms with Crippen LogP contribution in [0.15, 0.2) is 24.3 Å². The third-order valence-electron chi connectivity index (χ3n) is 4.59. The van der Waals surface area contributed by atoms with Crippen molar-refractivity contribution in [2.75, 3.05) is 26.7 Å². The van der Waals surface area contributed by atoms with E-state index in [4.69, 9.17) is 5.73 Å². The van der Waals surface area contributed by atoms with Gasteiger partial charge in [0.05, 0.1) is 0 Å². The number of likely N-dealkylation sites (N-methyl/N-ethyl adjacent to an activating group) is 1. The van der Waals surface area contributed by atoms with Gasteiger partial charge in [0.15, 0.2) is 0 Å². The van der Waals surface area contributed by atoms with Gasteiger partial charge in [-0.05, 0) is 45.0 Å². The molecule has 2 rings (SSSR count). The van der Waals surface area contributed by atoms with Crippen molar-refractivity contribution in [1.82, 2.24) is 9.80 Å². The van der Waals surface area contributed by atoms with E-state index in [0.717, 1.165) is 31.6 Å². The molecule has 112 valence electrons. The molecule has 0 spiro atoms. The second-order valence-corrected chi connectivity index (χ2v) is 6.23. The first-order valence-electron chi connectivity index (χ1n) is 7.37. The molecule has 1 aromatic rings. The van der Waals surface area contributed by atoms with E-state index in [0.29, 0.717) is 12.6 Å². The van der Waals surface area contributed by atoms with Crippen LogP contribution in [-0.2, 0) is 6.54 Å². The molecular formula is C16H26FN3. The Hall–Kier alpha value is -0.970. The summed E-state index contributed by atoms with van der Waals surface area (Å²) in [5, 5.41) is 0. The second kappa shape index (κ2) is 6.20. The molecule has 3 nitrogen and oxygen atoms in total. The molecule has 1 aliphatic heterocycles. The van der Waals surface area contributed by atoms with Crippen LogP contribution in [0.5, 0.6) is 0 Å². The quantitative estimate of drug-likeness (QED) is 0.895. The van der Waals surface area contributed by atoms with Gasteiger partial charge in [0.1, 0.15) is 5.82 Å². The predicted molar refractivity (Wildman–Crippen MR) is 81.0 cm³/mol. The van der Waals surface area contributed by atoms with Crippen LogP contribution < -0.4 is 5.73 Å². The lowest BCUT2D eigenvalue weighted by Crippen LogP contribution is -2.54. The smallest absolute Gasteiger partial charge is 0.123 e. The van der Waals surface area contributed by atoms with Crippen molar-refractivity contribution < 1.29 is 4.39 Å². The Morgan fingerprint density at radius 2 is 2.20 bits per heavy atom. The summed E-state index contributed by atoms with van der Waals surface area (Å²) in [5.74, 6) is -0.173. The molecular weight excluding hydrogens is 253 g/mol. The Kier molecular flexibility index (Phi) is 4.78. The highest BCUT2D eigenvalue weighted by Gasteiger charge is 2.40. The van der Waals surface area contributed by atoms with Crippen molar-refractivity contribution >= 4 is 0 Å². The Morgan fingerprint density at radius 3 is 2.75 bits per heavy atom. The van der Waals surface area contributed by atoms with E-state index in [-0.39, 0.29) is 11.4 Å². The summed E-state index contributed by atoms with van der Waals surface area (Å²) in [6, 6.07) is 7.38. The Bertz CT molecular complexity index is 449. The van der Waals surface area contributed by atoms with Gasteiger partial charge >= 0.3 is 0 Å². The first kappa shape index (κ1) is 15.4. The summed E-state index contributed by atoms with van der Waals surface area (Å²) in [6.45, 7) is 7.90. The zero-order valence-corrected chi connectivity index (χ0v) is 12.8. The second-order valence-electron chi connectivity index (χ2n) is 6.23. The summed E-state index contributed by atoms with van der Waals surface area (Å²) in [7, 11) is 2.10. The lowest BCUT2D eigenvalue weighted by molar-refractivity contribution is 0.116. The maximum absolute atomic E-state index is 13.3. The van der Waals surface area contributed by atoms with Crippen molar-refractivity contribution in [3.8, 4) is 0 Å². The van der Waals surface area contributed by atoms with Gasteiger partial charge in [0.2, 0.25) is 0 Å². The van der Waals surface area contributed by atoms with E-state index in [1.165, 1.54) is 6.07 Å². The van der Waals surface area contributed by atoms with Crippen molar-refractivity contribution in [1.29, 1.82) is 0 Å². The van der Waals surface area contributed by atoms with E-state index in [2.05, 4.69) is 30.7 Å². The maximum atomic E-state index is 13.3. The summed E-state index contributed by atoms with van der Waals surface area (Å²) < 4.78 is 13.3. The molecule has 0 saturated carbocycles. The van der Waals surface area contributed by atoms with Gasteiger partial charge in [-0.25, -0.2) is 4.39 Å². The SMILES string of the molecule is CC(C)N1CCC(CN)(N(C)Cc2cccc(F)c2)C1. The lowest BCUT2D eigenvalue weighted by Gasteiger charge is -2.38. The number of likely N-dealkylation sites (tertiary alicyclic amines) is 1. The third-order valence-corrected chi connectivity index (χ3v) is 4.59. The molecule has 0 aromatic heterocycles. The fourth-order valence-electron chi connectivity index (χ4n) is 3.04. The lowest BCUT2D eigenvalue weighted by atomic mass is 9.96. The molecule has 4 heteroatoms. The number of nitrogens with zero attached hydrogens (tertiary/aromatic N) is 2. The van der Waals surface area contributed by atoms with E-state index in [9.17, 15) is 4.39 Å². The standard InChI is InChI=1S/C16H26FN3/c1-13(2)20-8-7-16(11-18,12-20)19(3)10-14-5-4-6-15(17)9-14/h4-6,9,13H,7-8,10-12,18H2,1-3H3. The average molecular weight is 279 g/mol. The molecule has 0 radical (unpaired) electrons. The highest BCUT2D eigenvalue weighted by atomic mass is 19.1. The summed E-state index contributed by atoms with van der Waals surface area (Å²) >= 11 is 0. The maximum Gasteiger partial charge on any atom is 0.123 e. The van der Waals surface area contributed by atoms with E-state index >= 15 is 0 Å². The number of halogens is 1. The van der Waals surface area contributed by atoms with Gasteiger partial charge in [0.25, 0.3) is 0 Å². The van der Waals surface area contributed by atoms with Crippen LogP contribution in [0.1, 0.15) is 25.8 Å². The molecule has 20 heavy (non-hydrogen) atoms. The number of hydrogen-bond donors (Lipinski definition) is 1. The molecule has 0 amide bonds. The fraction of sp³-hybridized carbons (Fsp3) is 0.625. The highest BCUT2D eigenvalue weighted by Crippen LogP contribution is 2.28. The monoisotopic (exact) mass is 279 g/mol. The van der Waals surface area contributed by atoms with E-state index in [1.54, 1.807) is 12.1 Å². The summed E-state index contributed by atoms with van der Waals surface area (Å²) in [5.41, 5.74) is 7.09.